The van der Waals surface area contributed by atoms with E-state index in [0.29, 0.717) is 0 Å². The molecule has 0 aliphatic carbocycles. The lowest BCUT2D eigenvalue weighted by molar-refractivity contribution is -0.134. The molecule has 0 atom stereocenters. The van der Waals surface area contributed by atoms with Crippen LogP contribution in [0.3, 0.4) is 0 Å². The third kappa shape index (κ3) is 13.3. The summed E-state index contributed by atoms with van der Waals surface area (Å²) in [7, 11) is 1.37. The van der Waals surface area contributed by atoms with E-state index in [1.54, 1.807) is 0 Å². The first-order valence-electron chi connectivity index (χ1n) is 7.93. The number of carbonyl (C=O) groups is 1. The zero-order valence-corrected chi connectivity index (χ0v) is 15.3. The topological polar surface area (TPSA) is 26.3 Å². The number of carbonyl (C=O) groups excluding carboxylic acids is 1. The van der Waals surface area contributed by atoms with Crippen molar-refractivity contribution in [3.05, 3.63) is 70.9 Å². The van der Waals surface area contributed by atoms with Gasteiger partial charge in [-0.25, -0.2) is 4.79 Å². The molecule has 0 bridgehead atoms. The zero-order chi connectivity index (χ0) is 17.7. The second-order valence-electron chi connectivity index (χ2n) is 5.87. The maximum atomic E-state index is 11.1. The molecule has 0 aromatic carbocycles. The average Bonchev–Trinajstić information content (AvgIpc) is 2.46. The van der Waals surface area contributed by atoms with Gasteiger partial charge >= 0.3 is 5.97 Å². The molecule has 0 rings (SSSR count). The van der Waals surface area contributed by atoms with Gasteiger partial charge < -0.3 is 4.74 Å². The van der Waals surface area contributed by atoms with Crippen LogP contribution in [0.1, 0.15) is 47.5 Å². The van der Waals surface area contributed by atoms with Crippen molar-refractivity contribution in [2.45, 2.75) is 47.5 Å². The van der Waals surface area contributed by atoms with Gasteiger partial charge in [0.05, 0.1) is 7.11 Å². The van der Waals surface area contributed by atoms with Gasteiger partial charge in [0.15, 0.2) is 0 Å². The van der Waals surface area contributed by atoms with Crippen LogP contribution in [0.4, 0.5) is 0 Å². The Morgan fingerprint density at radius 3 is 2.13 bits per heavy atom. The van der Waals surface area contributed by atoms with Crippen molar-refractivity contribution in [3.63, 3.8) is 0 Å². The summed E-state index contributed by atoms with van der Waals surface area (Å²) in [5, 5.41) is 0. The second-order valence-corrected chi connectivity index (χ2v) is 5.87. The molecule has 0 radical (unpaired) electrons. The Balaban J connectivity index is 4.46. The molecular formula is C21H30O2. The van der Waals surface area contributed by atoms with E-state index in [4.69, 9.17) is 0 Å². The highest BCUT2D eigenvalue weighted by molar-refractivity contribution is 5.83. The maximum Gasteiger partial charge on any atom is 0.330 e. The summed E-state index contributed by atoms with van der Waals surface area (Å²) in [5.41, 5.74) is 4.76. The Hall–Kier alpha value is -2.09. The summed E-state index contributed by atoms with van der Waals surface area (Å²) < 4.78 is 4.58. The Kier molecular flexibility index (Phi) is 11.3. The van der Waals surface area contributed by atoms with Crippen molar-refractivity contribution in [1.29, 1.82) is 0 Å². The van der Waals surface area contributed by atoms with Crippen molar-refractivity contribution in [2.24, 2.45) is 0 Å². The van der Waals surface area contributed by atoms with Gasteiger partial charge in [-0.15, -0.1) is 0 Å². The van der Waals surface area contributed by atoms with Crippen molar-refractivity contribution in [2.75, 3.05) is 7.11 Å². The van der Waals surface area contributed by atoms with E-state index in [0.717, 1.165) is 24.0 Å². The minimum atomic E-state index is -0.332. The van der Waals surface area contributed by atoms with Crippen LogP contribution in [-0.4, -0.2) is 13.1 Å². The van der Waals surface area contributed by atoms with Gasteiger partial charge in [0, 0.05) is 6.08 Å². The number of ether oxygens (including phenoxy) is 1. The quantitative estimate of drug-likeness (QED) is 0.243. The maximum absolute atomic E-state index is 11.1. The molecule has 0 aromatic rings. The smallest absolute Gasteiger partial charge is 0.330 e. The SMILES string of the molecule is COC(=O)C=C(C)C=CC=C(C)C=CC=C(C)CCC=C(C)C. The van der Waals surface area contributed by atoms with E-state index in [9.17, 15) is 4.79 Å². The molecule has 0 heterocycles. The molecule has 2 nitrogen and oxygen atoms in total. The predicted octanol–water partition coefficient (Wildman–Crippen LogP) is 5.86. The Labute approximate surface area is 141 Å². The predicted molar refractivity (Wildman–Crippen MR) is 100 cm³/mol. The van der Waals surface area contributed by atoms with E-state index >= 15 is 0 Å². The first-order valence-corrected chi connectivity index (χ1v) is 7.93. The van der Waals surface area contributed by atoms with Crippen LogP contribution in [-0.2, 0) is 9.53 Å². The highest BCUT2D eigenvalue weighted by Gasteiger charge is 1.92. The van der Waals surface area contributed by atoms with Gasteiger partial charge in [0.1, 0.15) is 0 Å². The van der Waals surface area contributed by atoms with Gasteiger partial charge in [-0.2, -0.15) is 0 Å². The Morgan fingerprint density at radius 2 is 1.52 bits per heavy atom. The van der Waals surface area contributed by atoms with Crippen molar-refractivity contribution in [1.82, 2.24) is 0 Å². The molecule has 126 valence electrons. The van der Waals surface area contributed by atoms with Gasteiger partial charge in [-0.3, -0.25) is 0 Å². The zero-order valence-electron chi connectivity index (χ0n) is 15.3. The van der Waals surface area contributed by atoms with Crippen molar-refractivity contribution < 1.29 is 9.53 Å². The molecule has 0 saturated carbocycles. The molecule has 0 unspecified atom stereocenters. The third-order valence-electron chi connectivity index (χ3n) is 3.10. The Morgan fingerprint density at radius 1 is 0.913 bits per heavy atom. The largest absolute Gasteiger partial charge is 0.466 e. The molecular weight excluding hydrogens is 284 g/mol. The summed E-state index contributed by atoms with van der Waals surface area (Å²) in [6, 6.07) is 0. The van der Waals surface area contributed by atoms with E-state index in [1.807, 2.05) is 32.1 Å². The summed E-state index contributed by atoms with van der Waals surface area (Å²) in [4.78, 5) is 11.1. The fourth-order valence-electron chi connectivity index (χ4n) is 1.74. The number of methoxy groups -OCH3 is 1. The van der Waals surface area contributed by atoms with Crippen LogP contribution in [0.25, 0.3) is 0 Å². The van der Waals surface area contributed by atoms with Gasteiger partial charge in [0.2, 0.25) is 0 Å². The molecule has 23 heavy (non-hydrogen) atoms. The van der Waals surface area contributed by atoms with E-state index in [2.05, 4.69) is 49.8 Å². The van der Waals surface area contributed by atoms with Gasteiger partial charge in [0.25, 0.3) is 0 Å². The van der Waals surface area contributed by atoms with Crippen LogP contribution in [0.5, 0.6) is 0 Å². The molecule has 0 amide bonds. The monoisotopic (exact) mass is 314 g/mol. The first kappa shape index (κ1) is 20.9. The molecule has 0 spiro atoms. The fourth-order valence-corrected chi connectivity index (χ4v) is 1.74. The minimum Gasteiger partial charge on any atom is -0.466 e. The highest BCUT2D eigenvalue weighted by atomic mass is 16.5. The summed E-state index contributed by atoms with van der Waals surface area (Å²) in [5.74, 6) is -0.332. The number of allylic oxidation sites excluding steroid dienone is 11. The summed E-state index contributed by atoms with van der Waals surface area (Å²) in [6.45, 7) is 10.3. The van der Waals surface area contributed by atoms with Gasteiger partial charge in [-0.1, -0.05) is 59.3 Å². The molecule has 0 fully saturated rings. The fraction of sp³-hybridized carbons (Fsp3) is 0.381. The van der Waals surface area contributed by atoms with E-state index in [1.165, 1.54) is 24.3 Å². The number of hydrogen-bond acceptors (Lipinski definition) is 2. The lowest BCUT2D eigenvalue weighted by atomic mass is 10.1. The average molecular weight is 314 g/mol. The van der Waals surface area contributed by atoms with Crippen LogP contribution in [0.15, 0.2) is 70.9 Å². The van der Waals surface area contributed by atoms with E-state index in [-0.39, 0.29) is 5.97 Å². The van der Waals surface area contributed by atoms with Crippen molar-refractivity contribution >= 4 is 5.97 Å². The van der Waals surface area contributed by atoms with Gasteiger partial charge in [-0.05, 0) is 53.0 Å². The second kappa shape index (κ2) is 12.5. The lowest BCUT2D eigenvalue weighted by Gasteiger charge is -1.96. The minimum absolute atomic E-state index is 0.332. The first-order chi connectivity index (χ1) is 10.8. The summed E-state index contributed by atoms with van der Waals surface area (Å²) in [6.07, 6.45) is 18.1. The normalized spacial score (nSPS) is 13.7. The third-order valence-corrected chi connectivity index (χ3v) is 3.10. The molecule has 2 heteroatoms. The van der Waals surface area contributed by atoms with Crippen molar-refractivity contribution in [3.8, 4) is 0 Å². The number of rotatable bonds is 8. The molecule has 0 aliphatic rings. The van der Waals surface area contributed by atoms with Crippen LogP contribution in [0.2, 0.25) is 0 Å². The molecule has 0 saturated heterocycles. The summed E-state index contributed by atoms with van der Waals surface area (Å²) >= 11 is 0. The van der Waals surface area contributed by atoms with Crippen LogP contribution in [0, 0.1) is 0 Å². The van der Waals surface area contributed by atoms with E-state index < -0.39 is 0 Å². The molecule has 0 aromatic heterocycles. The number of esters is 1. The van der Waals surface area contributed by atoms with Crippen LogP contribution < -0.4 is 0 Å². The number of hydrogen-bond donors (Lipinski definition) is 0. The van der Waals surface area contributed by atoms with Crippen LogP contribution >= 0.6 is 0 Å². The molecule has 0 N–H and O–H groups in total. The standard InChI is InChI=1S/C21H30O2/c1-17(2)10-7-11-18(3)12-8-13-19(4)14-9-15-20(5)16-21(22)23-6/h8-10,12-16H,7,11H2,1-6H3. The molecule has 0 aliphatic heterocycles. The highest BCUT2D eigenvalue weighted by Crippen LogP contribution is 2.07. The Bertz CT molecular complexity index is 548. The lowest BCUT2D eigenvalue weighted by Crippen LogP contribution is -1.94.